The summed E-state index contributed by atoms with van der Waals surface area (Å²) in [6.45, 7) is 4.72. The first kappa shape index (κ1) is 28.1. The molecule has 1 fully saturated rings. The molecule has 1 saturated heterocycles. The second-order valence-corrected chi connectivity index (χ2v) is 10.5. The summed E-state index contributed by atoms with van der Waals surface area (Å²) >= 11 is 0. The van der Waals surface area contributed by atoms with E-state index in [1.54, 1.807) is 4.90 Å². The molecule has 0 unspecified atom stereocenters. The van der Waals surface area contributed by atoms with Crippen LogP contribution in [0.15, 0.2) is 72.8 Å². The molecule has 0 N–H and O–H groups in total. The van der Waals surface area contributed by atoms with Gasteiger partial charge in [-0.1, -0.05) is 60.2 Å². The van der Waals surface area contributed by atoms with Gasteiger partial charge in [-0.2, -0.15) is 0 Å². The number of rotatable bonds is 6. The molecular formula is C33H39ClN2O2. The lowest BCUT2D eigenvalue weighted by atomic mass is 9.93. The molecule has 3 aromatic rings. The number of carbonyl (C=O) groups excluding carboxylic acids is 1. The van der Waals surface area contributed by atoms with Crippen molar-refractivity contribution in [3.05, 3.63) is 95.1 Å². The molecule has 0 aromatic heterocycles. The van der Waals surface area contributed by atoms with Gasteiger partial charge in [0.1, 0.15) is 0 Å². The molecule has 1 aliphatic heterocycles. The van der Waals surface area contributed by atoms with Gasteiger partial charge < -0.3 is 9.64 Å². The third kappa shape index (κ3) is 6.37. The number of ether oxygens (including phenoxy) is 1. The average molecular weight is 531 g/mol. The van der Waals surface area contributed by atoms with Gasteiger partial charge >= 0.3 is 0 Å². The lowest BCUT2D eigenvalue weighted by Gasteiger charge is -2.31. The molecule has 0 spiro atoms. The van der Waals surface area contributed by atoms with E-state index in [1.807, 2.05) is 7.05 Å². The van der Waals surface area contributed by atoms with Crippen LogP contribution in [0.2, 0.25) is 0 Å². The van der Waals surface area contributed by atoms with E-state index in [2.05, 4.69) is 91.7 Å². The molecule has 4 nitrogen and oxygen atoms in total. The lowest BCUT2D eigenvalue weighted by Crippen LogP contribution is -2.36. The van der Waals surface area contributed by atoms with Crippen LogP contribution >= 0.6 is 12.4 Å². The van der Waals surface area contributed by atoms with Crippen molar-refractivity contribution in [2.24, 2.45) is 0 Å². The zero-order chi connectivity index (χ0) is 25.8. The Morgan fingerprint density at radius 2 is 1.61 bits per heavy atom. The van der Waals surface area contributed by atoms with E-state index < -0.39 is 0 Å². The van der Waals surface area contributed by atoms with Gasteiger partial charge in [0, 0.05) is 44.1 Å². The van der Waals surface area contributed by atoms with E-state index in [4.69, 9.17) is 4.74 Å². The van der Waals surface area contributed by atoms with Crippen molar-refractivity contribution in [1.82, 2.24) is 4.90 Å². The Labute approximate surface area is 233 Å². The highest BCUT2D eigenvalue weighted by Crippen LogP contribution is 2.32. The number of hydrogen-bond acceptors (Lipinski definition) is 3. The summed E-state index contributed by atoms with van der Waals surface area (Å²) in [5, 5.41) is 0. The summed E-state index contributed by atoms with van der Waals surface area (Å²) in [7, 11) is 4.08. The van der Waals surface area contributed by atoms with Gasteiger partial charge in [-0.25, -0.2) is 0 Å². The van der Waals surface area contributed by atoms with Gasteiger partial charge in [0.15, 0.2) is 0 Å². The minimum Gasteiger partial charge on any atom is -0.381 e. The number of nitrogens with zero attached hydrogens (tertiary/aromatic N) is 2. The van der Waals surface area contributed by atoms with Crippen LogP contribution in [-0.2, 0) is 22.5 Å². The third-order valence-corrected chi connectivity index (χ3v) is 7.89. The normalized spacial score (nSPS) is 15.7. The van der Waals surface area contributed by atoms with Crippen LogP contribution in [0.25, 0.3) is 16.7 Å². The van der Waals surface area contributed by atoms with Crippen molar-refractivity contribution in [1.29, 1.82) is 0 Å². The topological polar surface area (TPSA) is 32.8 Å². The van der Waals surface area contributed by atoms with Crippen molar-refractivity contribution in [3.8, 4) is 11.1 Å². The summed E-state index contributed by atoms with van der Waals surface area (Å²) in [6.07, 6.45) is 7.30. The molecule has 5 rings (SSSR count). The maximum absolute atomic E-state index is 13.8. The summed E-state index contributed by atoms with van der Waals surface area (Å²) in [5.41, 5.74) is 8.91. The Balaban J connectivity index is 0.00000336. The Bertz CT molecular complexity index is 1260. The second-order valence-electron chi connectivity index (χ2n) is 10.5. The molecule has 1 heterocycles. The predicted molar refractivity (Wildman–Crippen MR) is 160 cm³/mol. The van der Waals surface area contributed by atoms with Crippen LogP contribution in [0, 0.1) is 6.92 Å². The first-order valence-electron chi connectivity index (χ1n) is 13.5. The van der Waals surface area contributed by atoms with Crippen LogP contribution in [0.4, 0.5) is 5.69 Å². The number of aryl methyl sites for hydroxylation is 2. The van der Waals surface area contributed by atoms with E-state index >= 15 is 0 Å². The number of halogens is 1. The fourth-order valence-electron chi connectivity index (χ4n) is 5.49. The number of allylic oxidation sites excluding steroid dienone is 1. The van der Waals surface area contributed by atoms with Crippen molar-refractivity contribution in [2.45, 2.75) is 51.6 Å². The van der Waals surface area contributed by atoms with Crippen molar-refractivity contribution >= 4 is 29.6 Å². The molecule has 3 aromatic carbocycles. The molecule has 0 radical (unpaired) electrons. The van der Waals surface area contributed by atoms with Crippen molar-refractivity contribution in [2.75, 3.05) is 32.2 Å². The zero-order valence-corrected chi connectivity index (χ0v) is 23.6. The molecule has 0 saturated carbocycles. The van der Waals surface area contributed by atoms with Gasteiger partial charge in [0.25, 0.3) is 5.91 Å². The maximum Gasteiger partial charge on any atom is 0.258 e. The number of likely N-dealkylation sites (N-methyl/N-ethyl adjacent to an activating group) is 1. The number of fused-ring (bicyclic) bond motifs is 1. The van der Waals surface area contributed by atoms with Crippen LogP contribution in [0.1, 0.15) is 47.9 Å². The highest BCUT2D eigenvalue weighted by molar-refractivity contribution is 6.26. The quantitative estimate of drug-likeness (QED) is 0.341. The van der Waals surface area contributed by atoms with Gasteiger partial charge in [-0.3, -0.25) is 9.69 Å². The highest BCUT2D eigenvalue weighted by atomic mass is 35.5. The molecule has 2 aliphatic rings. The first-order chi connectivity index (χ1) is 18.0. The van der Waals surface area contributed by atoms with E-state index in [1.165, 1.54) is 22.3 Å². The molecule has 5 heteroatoms. The Morgan fingerprint density at radius 3 is 2.32 bits per heavy atom. The highest BCUT2D eigenvalue weighted by Gasteiger charge is 2.23. The molecular weight excluding hydrogens is 492 g/mol. The average Bonchev–Trinajstić information content (AvgIpc) is 3.15. The Morgan fingerprint density at radius 1 is 0.921 bits per heavy atom. The monoisotopic (exact) mass is 530 g/mol. The minimum atomic E-state index is 0. The second kappa shape index (κ2) is 12.8. The van der Waals surface area contributed by atoms with E-state index in [0.29, 0.717) is 6.04 Å². The van der Waals surface area contributed by atoms with Crippen molar-refractivity contribution < 1.29 is 9.53 Å². The van der Waals surface area contributed by atoms with Gasteiger partial charge in [-0.15, -0.1) is 12.4 Å². The number of amides is 1. The molecule has 38 heavy (non-hydrogen) atoms. The number of benzene rings is 3. The summed E-state index contributed by atoms with van der Waals surface area (Å²) in [4.78, 5) is 18.0. The Hall–Kier alpha value is -2.92. The largest absolute Gasteiger partial charge is 0.381 e. The molecule has 1 amide bonds. The number of anilines is 1. The van der Waals surface area contributed by atoms with Crippen LogP contribution in [0.3, 0.4) is 0 Å². The fraction of sp³-hybridized carbons (Fsp3) is 0.364. The van der Waals surface area contributed by atoms with Crippen molar-refractivity contribution in [3.63, 3.8) is 0 Å². The number of hydrogen-bond donors (Lipinski definition) is 0. The van der Waals surface area contributed by atoms with Gasteiger partial charge in [-0.05, 0) is 92.1 Å². The van der Waals surface area contributed by atoms with Crippen LogP contribution in [0.5, 0.6) is 0 Å². The molecule has 0 bridgehead atoms. The molecule has 1 aliphatic carbocycles. The maximum atomic E-state index is 13.8. The van der Waals surface area contributed by atoms with Crippen LogP contribution in [-0.4, -0.2) is 44.2 Å². The summed E-state index contributed by atoms with van der Waals surface area (Å²) < 4.78 is 5.51. The number of carbonyl (C=O) groups is 1. The van der Waals surface area contributed by atoms with E-state index in [-0.39, 0.29) is 18.3 Å². The molecule has 200 valence electrons. The van der Waals surface area contributed by atoms with E-state index in [9.17, 15) is 4.79 Å². The molecule has 0 atom stereocenters. The predicted octanol–water partition coefficient (Wildman–Crippen LogP) is 7.08. The fourth-order valence-corrected chi connectivity index (χ4v) is 5.49. The lowest BCUT2D eigenvalue weighted by molar-refractivity contribution is -0.113. The minimum absolute atomic E-state index is 0. The van der Waals surface area contributed by atoms with E-state index in [0.717, 1.165) is 74.3 Å². The standard InChI is InChI=1S/C33H38N2O2.ClH/c1-24-8-12-26(13-9-24)28-15-14-27-6-4-5-7-31(32(27)22-28)33(36)35(3)30-16-10-25(11-17-30)23-34(2)29-18-20-37-21-19-29;/h7-17,22,29H,4-6,18-21,23H2,1-3H3;1H. The first-order valence-corrected chi connectivity index (χ1v) is 13.5. The summed E-state index contributed by atoms with van der Waals surface area (Å²) in [6, 6.07) is 24.2. The van der Waals surface area contributed by atoms with Gasteiger partial charge in [0.05, 0.1) is 0 Å². The Kier molecular flexibility index (Phi) is 9.43. The van der Waals surface area contributed by atoms with Gasteiger partial charge in [0.2, 0.25) is 0 Å². The SMILES string of the molecule is Cc1ccc(-c2ccc3c(c2)C(C(=O)N(C)c2ccc(CN(C)C4CCOCC4)cc2)=CCCC3)cc1.Cl. The third-order valence-electron chi connectivity index (χ3n) is 7.89. The smallest absolute Gasteiger partial charge is 0.258 e. The van der Waals surface area contributed by atoms with Crippen LogP contribution < -0.4 is 4.90 Å². The summed E-state index contributed by atoms with van der Waals surface area (Å²) in [5.74, 6) is 0.0521. The zero-order valence-electron chi connectivity index (χ0n) is 22.8.